The fraction of sp³-hybridized carbons (Fsp3) is 0.304. The van der Waals surface area contributed by atoms with Crippen LogP contribution < -0.4 is 10.2 Å². The zero-order valence-corrected chi connectivity index (χ0v) is 17.3. The van der Waals surface area contributed by atoms with Crippen LogP contribution in [0.1, 0.15) is 29.5 Å². The molecule has 0 fully saturated rings. The van der Waals surface area contributed by atoms with Crippen molar-refractivity contribution in [3.8, 4) is 11.8 Å². The molecule has 0 heterocycles. The smallest absolute Gasteiger partial charge is 0.407 e. The van der Waals surface area contributed by atoms with Crippen molar-refractivity contribution in [3.63, 3.8) is 0 Å². The number of aryl methyl sites for hydroxylation is 1. The maximum Gasteiger partial charge on any atom is 0.407 e. The molecule has 0 unspecified atom stereocenters. The van der Waals surface area contributed by atoms with E-state index in [1.165, 1.54) is 0 Å². The van der Waals surface area contributed by atoms with Gasteiger partial charge in [-0.3, -0.25) is 4.79 Å². The highest BCUT2D eigenvalue weighted by atomic mass is 35.5. The molecule has 2 aromatic rings. The van der Waals surface area contributed by atoms with Crippen LogP contribution in [0.3, 0.4) is 0 Å². The van der Waals surface area contributed by atoms with Gasteiger partial charge in [0.1, 0.15) is 13.2 Å². The summed E-state index contributed by atoms with van der Waals surface area (Å²) in [5, 5.41) is 11.6. The number of Topliss-reactive ketones (excluding diaryl/α,β-unsaturated/α-hetero) is 1. The Bertz CT molecular complexity index is 860. The molecule has 7 heteroatoms. The summed E-state index contributed by atoms with van der Waals surface area (Å²) in [5.74, 6) is 5.73. The zero-order valence-electron chi connectivity index (χ0n) is 16.6. The van der Waals surface area contributed by atoms with Gasteiger partial charge in [0.15, 0.2) is 5.78 Å². The van der Waals surface area contributed by atoms with Crippen molar-refractivity contribution in [2.75, 3.05) is 13.2 Å². The molecule has 0 aliphatic carbocycles. The van der Waals surface area contributed by atoms with Crippen molar-refractivity contribution in [1.82, 2.24) is 10.2 Å². The Balaban J connectivity index is 1.67. The number of rotatable bonds is 10. The van der Waals surface area contributed by atoms with Gasteiger partial charge in [-0.05, 0) is 47.9 Å². The number of hydrogen-bond donors (Lipinski definition) is 3. The number of aliphatic hydroxyl groups is 1. The number of alkyl carbamates (subject to hydrolysis) is 1. The van der Waals surface area contributed by atoms with Gasteiger partial charge in [-0.15, -0.1) is 0 Å². The van der Waals surface area contributed by atoms with Crippen LogP contribution in [0.5, 0.6) is 0 Å². The molecule has 2 rings (SSSR count). The first-order chi connectivity index (χ1) is 14.6. The predicted molar refractivity (Wildman–Crippen MR) is 116 cm³/mol. The highest BCUT2D eigenvalue weighted by Crippen LogP contribution is 2.09. The molecule has 0 radical (unpaired) electrons. The largest absolute Gasteiger partial charge is 0.445 e. The molecule has 1 atom stereocenters. The lowest BCUT2D eigenvalue weighted by atomic mass is 10.0. The van der Waals surface area contributed by atoms with Crippen LogP contribution in [0.15, 0.2) is 54.6 Å². The third-order valence-electron chi connectivity index (χ3n) is 4.32. The molecule has 1 amide bonds. The second-order valence-electron chi connectivity index (χ2n) is 6.56. The minimum absolute atomic E-state index is 0.237. The number of benzene rings is 2. The fourth-order valence-corrected chi connectivity index (χ4v) is 2.85. The van der Waals surface area contributed by atoms with Gasteiger partial charge < -0.3 is 15.2 Å². The second-order valence-corrected chi connectivity index (χ2v) is 6.78. The van der Waals surface area contributed by atoms with E-state index in [4.69, 9.17) is 21.6 Å². The lowest BCUT2D eigenvalue weighted by molar-refractivity contribution is -0.123. The summed E-state index contributed by atoms with van der Waals surface area (Å²) in [6, 6.07) is 16.6. The first-order valence-corrected chi connectivity index (χ1v) is 10.0. The van der Waals surface area contributed by atoms with Gasteiger partial charge in [-0.2, -0.15) is 0 Å². The number of hydrogen-bond acceptors (Lipinski definition) is 5. The molecule has 0 saturated heterocycles. The van der Waals surface area contributed by atoms with Crippen molar-refractivity contribution in [1.29, 1.82) is 0 Å². The lowest BCUT2D eigenvalue weighted by Gasteiger charge is -2.11. The molecule has 0 bridgehead atoms. The monoisotopic (exact) mass is 428 g/mol. The Hall–Kier alpha value is -2.85. The summed E-state index contributed by atoms with van der Waals surface area (Å²) in [6.45, 7) is 0.115. The van der Waals surface area contributed by atoms with Crippen LogP contribution >= 0.6 is 11.8 Å². The first kappa shape index (κ1) is 23.4. The predicted octanol–water partition coefficient (Wildman–Crippen LogP) is 2.96. The van der Waals surface area contributed by atoms with E-state index in [0.29, 0.717) is 25.8 Å². The average molecular weight is 429 g/mol. The molecule has 6 nitrogen and oxygen atoms in total. The third-order valence-corrected chi connectivity index (χ3v) is 4.58. The van der Waals surface area contributed by atoms with Crippen LogP contribution in [0.4, 0.5) is 4.79 Å². The van der Waals surface area contributed by atoms with E-state index in [0.717, 1.165) is 16.7 Å². The standard InChI is InChI=1S/C23H25ClN2O4/c24-26-21(22(28)16-27)14-13-19-11-9-18(10-12-19)6-4-5-15-25-23(29)30-17-20-7-2-1-3-8-20/h1-3,7-12,21,26-27H,5,13-17H2,(H,25,29)/t21-/m0/s1. The third kappa shape index (κ3) is 8.66. The van der Waals surface area contributed by atoms with E-state index in [1.54, 1.807) is 0 Å². The molecule has 0 aromatic heterocycles. The number of amides is 1. The van der Waals surface area contributed by atoms with E-state index in [2.05, 4.69) is 22.0 Å². The Kier molecular flexibility index (Phi) is 10.5. The Labute approximate surface area is 181 Å². The average Bonchev–Trinajstić information content (AvgIpc) is 2.79. The quantitative estimate of drug-likeness (QED) is 0.307. The van der Waals surface area contributed by atoms with Gasteiger partial charge in [0.05, 0.1) is 6.04 Å². The Morgan fingerprint density at radius 1 is 1.07 bits per heavy atom. The summed E-state index contributed by atoms with van der Waals surface area (Å²) < 4.78 is 5.13. The summed E-state index contributed by atoms with van der Waals surface area (Å²) in [6.07, 6.45) is 1.20. The molecule has 30 heavy (non-hydrogen) atoms. The van der Waals surface area contributed by atoms with Crippen molar-refractivity contribution in [2.24, 2.45) is 0 Å². The van der Waals surface area contributed by atoms with Crippen LogP contribution in [-0.2, 0) is 22.6 Å². The normalized spacial score (nSPS) is 11.1. The molecule has 0 aliphatic rings. The number of carbonyl (C=O) groups excluding carboxylic acids is 2. The highest BCUT2D eigenvalue weighted by Gasteiger charge is 2.15. The number of ether oxygens (including phenoxy) is 1. The lowest BCUT2D eigenvalue weighted by Crippen LogP contribution is -2.33. The van der Waals surface area contributed by atoms with E-state index in [9.17, 15) is 9.59 Å². The van der Waals surface area contributed by atoms with Crippen molar-refractivity contribution < 1.29 is 19.4 Å². The van der Waals surface area contributed by atoms with Gasteiger partial charge in [-0.25, -0.2) is 9.63 Å². The van der Waals surface area contributed by atoms with Crippen molar-refractivity contribution in [3.05, 3.63) is 71.3 Å². The number of nitrogens with one attached hydrogen (secondary N) is 2. The minimum atomic E-state index is -0.567. The topological polar surface area (TPSA) is 87.7 Å². The van der Waals surface area contributed by atoms with E-state index >= 15 is 0 Å². The molecule has 3 N–H and O–H groups in total. The van der Waals surface area contributed by atoms with Crippen molar-refractivity contribution in [2.45, 2.75) is 31.9 Å². The Morgan fingerprint density at radius 3 is 2.47 bits per heavy atom. The molecular weight excluding hydrogens is 404 g/mol. The van der Waals surface area contributed by atoms with Gasteiger partial charge in [0.2, 0.25) is 0 Å². The van der Waals surface area contributed by atoms with Crippen LogP contribution in [0.2, 0.25) is 0 Å². The zero-order chi connectivity index (χ0) is 21.6. The second kappa shape index (κ2) is 13.4. The van der Waals surface area contributed by atoms with E-state index < -0.39 is 18.7 Å². The highest BCUT2D eigenvalue weighted by molar-refractivity contribution is 6.15. The summed E-state index contributed by atoms with van der Waals surface area (Å²) in [4.78, 5) is 25.5. The SMILES string of the molecule is O=C(NCCC#Cc1ccc(CC[C@H](NCl)C(=O)CO)cc1)OCc1ccccc1. The summed E-state index contributed by atoms with van der Waals surface area (Å²) in [5.41, 5.74) is 2.85. The fourth-order valence-electron chi connectivity index (χ4n) is 2.62. The van der Waals surface area contributed by atoms with Crippen molar-refractivity contribution >= 4 is 23.7 Å². The first-order valence-electron chi connectivity index (χ1n) is 9.64. The summed E-state index contributed by atoms with van der Waals surface area (Å²) >= 11 is 5.55. The number of ketones is 1. The molecule has 0 saturated carbocycles. The molecule has 158 valence electrons. The van der Waals surface area contributed by atoms with E-state index in [-0.39, 0.29) is 12.4 Å². The molecule has 2 aromatic carbocycles. The number of halogens is 1. The number of carbonyl (C=O) groups is 2. The maximum absolute atomic E-state index is 11.7. The molecule has 0 aliphatic heterocycles. The summed E-state index contributed by atoms with van der Waals surface area (Å²) in [7, 11) is 0. The van der Waals surface area contributed by atoms with Gasteiger partial charge in [-0.1, -0.05) is 54.3 Å². The molecular formula is C23H25ClN2O4. The molecule has 0 spiro atoms. The van der Waals surface area contributed by atoms with E-state index in [1.807, 2.05) is 54.6 Å². The van der Waals surface area contributed by atoms with Crippen LogP contribution in [0.25, 0.3) is 0 Å². The van der Waals surface area contributed by atoms with Crippen LogP contribution in [-0.4, -0.2) is 36.2 Å². The van der Waals surface area contributed by atoms with Gasteiger partial charge in [0.25, 0.3) is 0 Å². The van der Waals surface area contributed by atoms with Gasteiger partial charge in [0, 0.05) is 18.5 Å². The van der Waals surface area contributed by atoms with Gasteiger partial charge >= 0.3 is 6.09 Å². The number of aliphatic hydroxyl groups excluding tert-OH is 1. The maximum atomic E-state index is 11.7. The minimum Gasteiger partial charge on any atom is -0.445 e. The Morgan fingerprint density at radius 2 is 1.80 bits per heavy atom. The van der Waals surface area contributed by atoms with Crippen LogP contribution in [0, 0.1) is 11.8 Å².